The van der Waals surface area contributed by atoms with E-state index in [0.29, 0.717) is 5.56 Å². The summed E-state index contributed by atoms with van der Waals surface area (Å²) in [7, 11) is 0. The van der Waals surface area contributed by atoms with Gasteiger partial charge in [0.1, 0.15) is 36.3 Å². The molecule has 18 nitrogen and oxygen atoms in total. The highest BCUT2D eigenvalue weighted by molar-refractivity contribution is 5.98. The lowest BCUT2D eigenvalue weighted by Crippen LogP contribution is -2.60. The molecule has 1 rings (SSSR count). The largest absolute Gasteiger partial charge is 0.481 e. The first-order chi connectivity index (χ1) is 22.3. The van der Waals surface area contributed by atoms with Gasteiger partial charge in [-0.2, -0.15) is 0 Å². The van der Waals surface area contributed by atoms with Crippen LogP contribution in [0.2, 0.25) is 0 Å². The number of carbonyl (C=O) groups is 8. The van der Waals surface area contributed by atoms with Crippen LogP contribution in [0.25, 0.3) is 0 Å². The van der Waals surface area contributed by atoms with Crippen molar-refractivity contribution in [1.82, 2.24) is 26.6 Å². The van der Waals surface area contributed by atoms with Crippen LogP contribution in [0.5, 0.6) is 0 Å². The number of aliphatic carboxylic acids is 2. The first kappa shape index (κ1) is 40.9. The Balaban J connectivity index is 3.09. The van der Waals surface area contributed by atoms with Crippen molar-refractivity contribution in [1.29, 1.82) is 0 Å². The summed E-state index contributed by atoms with van der Waals surface area (Å²) < 4.78 is 0. The fraction of sp³-hybridized carbons (Fsp3) is 0.533. The lowest BCUT2D eigenvalue weighted by Gasteiger charge is -2.26. The van der Waals surface area contributed by atoms with Gasteiger partial charge in [0.05, 0.1) is 18.9 Å². The second-order valence-corrected chi connectivity index (χ2v) is 11.7. The molecule has 0 saturated heterocycles. The molecule has 0 bridgehead atoms. The van der Waals surface area contributed by atoms with Gasteiger partial charge in [-0.1, -0.05) is 44.2 Å². The van der Waals surface area contributed by atoms with Crippen molar-refractivity contribution in [3.8, 4) is 0 Å². The number of carbonyl (C=O) groups excluding carboxylic acids is 6. The summed E-state index contributed by atoms with van der Waals surface area (Å²) in [6.45, 7) is 5.94. The van der Waals surface area contributed by atoms with Gasteiger partial charge in [0, 0.05) is 6.42 Å². The highest BCUT2D eigenvalue weighted by atomic mass is 16.4. The molecule has 0 radical (unpaired) electrons. The summed E-state index contributed by atoms with van der Waals surface area (Å²) in [5, 5.41) is 39.8. The molecular formula is C30H45N7O11. The topological polar surface area (TPSA) is 309 Å². The normalized spacial score (nSPS) is 15.3. The summed E-state index contributed by atoms with van der Waals surface area (Å²) in [4.78, 5) is 99.6. The van der Waals surface area contributed by atoms with E-state index in [1.807, 2.05) is 0 Å². The van der Waals surface area contributed by atoms with Gasteiger partial charge in [-0.3, -0.25) is 33.6 Å². The Bertz CT molecular complexity index is 1320. The SMILES string of the molecule is CC(C)C[C@H](NC(=O)[C@@H](N)[C@@H](C)O)C(=O)N[C@@H](CC(N)=O)C(=O)N[C@@H](CC(=O)O)C(=O)N[C@@H](C)C(=O)N[C@@H](Cc1ccccc1)C(=O)O. The Morgan fingerprint density at radius 3 is 1.62 bits per heavy atom. The van der Waals surface area contributed by atoms with Gasteiger partial charge in [0.2, 0.25) is 35.4 Å². The highest BCUT2D eigenvalue weighted by Crippen LogP contribution is 2.08. The molecule has 1 aromatic rings. The molecule has 0 aliphatic rings. The van der Waals surface area contributed by atoms with Crippen LogP contribution in [0, 0.1) is 5.92 Å². The van der Waals surface area contributed by atoms with Crippen molar-refractivity contribution in [3.63, 3.8) is 0 Å². The first-order valence-corrected chi connectivity index (χ1v) is 15.0. The van der Waals surface area contributed by atoms with Crippen LogP contribution < -0.4 is 38.1 Å². The maximum Gasteiger partial charge on any atom is 0.326 e. The van der Waals surface area contributed by atoms with Gasteiger partial charge in [-0.05, 0) is 31.7 Å². The number of aliphatic hydroxyl groups is 1. The average Bonchev–Trinajstić information content (AvgIpc) is 2.98. The van der Waals surface area contributed by atoms with E-state index in [1.165, 1.54) is 13.8 Å². The van der Waals surface area contributed by atoms with E-state index in [4.69, 9.17) is 11.5 Å². The number of hydrogen-bond acceptors (Lipinski definition) is 10. The van der Waals surface area contributed by atoms with Crippen LogP contribution in [-0.2, 0) is 44.8 Å². The van der Waals surface area contributed by atoms with Crippen molar-refractivity contribution >= 4 is 47.4 Å². The molecule has 48 heavy (non-hydrogen) atoms. The van der Waals surface area contributed by atoms with Crippen LogP contribution in [0.3, 0.4) is 0 Å². The number of nitrogens with two attached hydrogens (primary N) is 2. The summed E-state index contributed by atoms with van der Waals surface area (Å²) in [5.41, 5.74) is 11.5. The van der Waals surface area contributed by atoms with Crippen LogP contribution in [0.4, 0.5) is 0 Å². The fourth-order valence-electron chi connectivity index (χ4n) is 4.26. The number of carboxylic acids is 2. The molecule has 18 heteroatoms. The number of benzene rings is 1. The summed E-state index contributed by atoms with van der Waals surface area (Å²) in [5.74, 6) is -9.16. The number of hydrogen-bond donors (Lipinski definition) is 10. The number of primary amides is 1. The maximum atomic E-state index is 13.2. The van der Waals surface area contributed by atoms with Crippen LogP contribution in [-0.4, -0.2) is 105 Å². The Labute approximate surface area is 276 Å². The third-order valence-corrected chi connectivity index (χ3v) is 6.86. The molecule has 1 aromatic carbocycles. The van der Waals surface area contributed by atoms with Crippen molar-refractivity contribution in [2.45, 2.75) is 95.7 Å². The lowest BCUT2D eigenvalue weighted by molar-refractivity contribution is -0.143. The molecule has 7 atom stereocenters. The molecule has 0 heterocycles. The molecule has 6 amide bonds. The second kappa shape index (κ2) is 19.5. The van der Waals surface area contributed by atoms with Gasteiger partial charge in [0.15, 0.2) is 0 Å². The smallest absolute Gasteiger partial charge is 0.326 e. The van der Waals surface area contributed by atoms with Gasteiger partial charge in [-0.25, -0.2) is 4.79 Å². The van der Waals surface area contributed by atoms with Crippen molar-refractivity contribution < 1.29 is 53.7 Å². The Morgan fingerprint density at radius 2 is 1.15 bits per heavy atom. The third-order valence-electron chi connectivity index (χ3n) is 6.86. The monoisotopic (exact) mass is 679 g/mol. The quantitative estimate of drug-likeness (QED) is 0.0654. The average molecular weight is 680 g/mol. The molecule has 12 N–H and O–H groups in total. The first-order valence-electron chi connectivity index (χ1n) is 15.0. The summed E-state index contributed by atoms with van der Waals surface area (Å²) in [6.07, 6.45) is -3.04. The van der Waals surface area contributed by atoms with Crippen molar-refractivity contribution in [2.75, 3.05) is 0 Å². The Hall–Kier alpha value is -5.10. The molecule has 0 aromatic heterocycles. The summed E-state index contributed by atoms with van der Waals surface area (Å²) in [6, 6.07) is -0.543. The van der Waals surface area contributed by atoms with Gasteiger partial charge < -0.3 is 53.4 Å². The van der Waals surface area contributed by atoms with E-state index in [1.54, 1.807) is 44.2 Å². The second-order valence-electron chi connectivity index (χ2n) is 11.7. The van der Waals surface area contributed by atoms with E-state index in [9.17, 15) is 53.7 Å². The Morgan fingerprint density at radius 1 is 0.667 bits per heavy atom. The van der Waals surface area contributed by atoms with Crippen molar-refractivity contribution in [3.05, 3.63) is 35.9 Å². The molecule has 0 saturated carbocycles. The fourth-order valence-corrected chi connectivity index (χ4v) is 4.26. The van der Waals surface area contributed by atoms with Crippen molar-refractivity contribution in [2.24, 2.45) is 17.4 Å². The van der Waals surface area contributed by atoms with Crippen LogP contribution in [0.1, 0.15) is 52.5 Å². The lowest BCUT2D eigenvalue weighted by atomic mass is 10.0. The minimum absolute atomic E-state index is 0.0487. The Kier molecular flexibility index (Phi) is 16.7. The number of nitrogens with one attached hydrogen (secondary N) is 5. The van der Waals surface area contributed by atoms with E-state index in [-0.39, 0.29) is 18.8 Å². The predicted molar refractivity (Wildman–Crippen MR) is 168 cm³/mol. The zero-order chi connectivity index (χ0) is 36.7. The van der Waals surface area contributed by atoms with E-state index < -0.39 is 103 Å². The van der Waals surface area contributed by atoms with Gasteiger partial charge in [-0.15, -0.1) is 0 Å². The van der Waals surface area contributed by atoms with E-state index in [0.717, 1.165) is 0 Å². The standard InChI is InChI=1S/C30H45N7O11/c1-14(2)10-18(36-29(46)24(32)16(4)38)27(44)34-19(12-22(31)39)28(45)35-20(13-23(40)41)26(43)33-15(3)25(42)37-21(30(47)48)11-17-8-6-5-7-9-17/h5-9,14-16,18-21,24,38H,10-13,32H2,1-4H3,(H2,31,39)(H,33,43)(H,34,44)(H,35,45)(H,36,46)(H,37,42)(H,40,41)(H,47,48)/t15-,16+,18-,19-,20-,21-,24-/m0/s1. The van der Waals surface area contributed by atoms with Crippen LogP contribution in [0.15, 0.2) is 30.3 Å². The molecule has 0 fully saturated rings. The van der Waals surface area contributed by atoms with E-state index in [2.05, 4.69) is 26.6 Å². The number of aliphatic hydroxyl groups excluding tert-OH is 1. The minimum atomic E-state index is -1.83. The zero-order valence-electron chi connectivity index (χ0n) is 27.1. The highest BCUT2D eigenvalue weighted by Gasteiger charge is 2.34. The van der Waals surface area contributed by atoms with Crippen LogP contribution >= 0.6 is 0 Å². The van der Waals surface area contributed by atoms with Gasteiger partial charge >= 0.3 is 11.9 Å². The molecule has 0 aliphatic carbocycles. The third kappa shape index (κ3) is 14.5. The zero-order valence-corrected chi connectivity index (χ0v) is 27.1. The molecule has 0 aliphatic heterocycles. The molecular weight excluding hydrogens is 634 g/mol. The predicted octanol–water partition coefficient (Wildman–Crippen LogP) is -3.14. The van der Waals surface area contributed by atoms with Gasteiger partial charge in [0.25, 0.3) is 0 Å². The number of carboxylic acid groups (broad SMARTS) is 2. The summed E-state index contributed by atoms with van der Waals surface area (Å²) >= 11 is 0. The molecule has 0 spiro atoms. The molecule has 0 unspecified atom stereocenters. The minimum Gasteiger partial charge on any atom is -0.481 e. The maximum absolute atomic E-state index is 13.2. The van der Waals surface area contributed by atoms with E-state index >= 15 is 0 Å². The number of rotatable bonds is 20. The number of amides is 6. The molecule has 266 valence electrons.